The Labute approximate surface area is 150 Å². The Balaban J connectivity index is 2.03. The highest BCUT2D eigenvalue weighted by molar-refractivity contribution is 5.95. The molecule has 0 spiro atoms. The van der Waals surface area contributed by atoms with E-state index in [2.05, 4.69) is 22.9 Å². The molecule has 0 saturated carbocycles. The van der Waals surface area contributed by atoms with Crippen molar-refractivity contribution >= 4 is 17.6 Å². The molecule has 0 atom stereocenters. The summed E-state index contributed by atoms with van der Waals surface area (Å²) >= 11 is 0. The molecule has 1 fully saturated rings. The molecule has 0 radical (unpaired) electrons. The van der Waals surface area contributed by atoms with Crippen LogP contribution in [0.3, 0.4) is 0 Å². The predicted molar refractivity (Wildman–Crippen MR) is 101 cm³/mol. The van der Waals surface area contributed by atoms with Gasteiger partial charge in [-0.25, -0.2) is 4.79 Å². The third-order valence-electron chi connectivity index (χ3n) is 4.28. The third-order valence-corrected chi connectivity index (χ3v) is 4.28. The minimum absolute atomic E-state index is 0.0759. The zero-order valence-corrected chi connectivity index (χ0v) is 15.5. The monoisotopic (exact) mass is 346 g/mol. The predicted octanol–water partition coefficient (Wildman–Crippen LogP) is 2.82. The van der Waals surface area contributed by atoms with Gasteiger partial charge in [-0.2, -0.15) is 0 Å². The Morgan fingerprint density at radius 1 is 1.20 bits per heavy atom. The maximum atomic E-state index is 12.9. The number of anilines is 1. The van der Waals surface area contributed by atoms with E-state index in [0.29, 0.717) is 17.3 Å². The zero-order valence-electron chi connectivity index (χ0n) is 15.5. The molecule has 1 aliphatic heterocycles. The van der Waals surface area contributed by atoms with Gasteiger partial charge in [-0.15, -0.1) is 0 Å². The molecule has 6 nitrogen and oxygen atoms in total. The standard InChI is InChI=1S/C19H30N4O2/c1-4-13-23(17-9-11-20-12-10-17)18(24)15-5-7-16(8-6-15)22-19(25)21-14(2)3/h5-8,14,17,20H,4,9-13H2,1-3H3,(H2,21,22,25). The summed E-state index contributed by atoms with van der Waals surface area (Å²) in [7, 11) is 0. The van der Waals surface area contributed by atoms with Gasteiger partial charge in [0.05, 0.1) is 0 Å². The highest BCUT2D eigenvalue weighted by Gasteiger charge is 2.25. The second kappa shape index (κ2) is 9.42. The summed E-state index contributed by atoms with van der Waals surface area (Å²) in [6, 6.07) is 7.28. The number of carbonyl (C=O) groups is 2. The molecule has 1 saturated heterocycles. The Morgan fingerprint density at radius 3 is 2.40 bits per heavy atom. The van der Waals surface area contributed by atoms with E-state index in [1.165, 1.54) is 0 Å². The van der Waals surface area contributed by atoms with Crippen LogP contribution < -0.4 is 16.0 Å². The van der Waals surface area contributed by atoms with Gasteiger partial charge in [-0.3, -0.25) is 4.79 Å². The fourth-order valence-corrected chi connectivity index (χ4v) is 3.10. The van der Waals surface area contributed by atoms with Gasteiger partial charge in [0, 0.05) is 29.9 Å². The van der Waals surface area contributed by atoms with Crippen molar-refractivity contribution in [2.45, 2.75) is 52.1 Å². The molecule has 0 aliphatic carbocycles. The normalized spacial score (nSPS) is 15.0. The first kappa shape index (κ1) is 19.2. The average Bonchev–Trinajstić information content (AvgIpc) is 2.60. The fraction of sp³-hybridized carbons (Fsp3) is 0.579. The van der Waals surface area contributed by atoms with Crippen LogP contribution in [0, 0.1) is 0 Å². The van der Waals surface area contributed by atoms with Crippen LogP contribution in [-0.4, -0.2) is 48.6 Å². The Morgan fingerprint density at radius 2 is 1.84 bits per heavy atom. The average molecular weight is 346 g/mol. The number of benzene rings is 1. The topological polar surface area (TPSA) is 73.5 Å². The van der Waals surface area contributed by atoms with Crippen LogP contribution in [0.1, 0.15) is 50.4 Å². The van der Waals surface area contributed by atoms with Crippen molar-refractivity contribution in [3.8, 4) is 0 Å². The molecule has 1 heterocycles. The van der Waals surface area contributed by atoms with Gasteiger partial charge in [0.1, 0.15) is 0 Å². The maximum Gasteiger partial charge on any atom is 0.319 e. The summed E-state index contributed by atoms with van der Waals surface area (Å²) < 4.78 is 0. The van der Waals surface area contributed by atoms with Gasteiger partial charge >= 0.3 is 6.03 Å². The first-order chi connectivity index (χ1) is 12.0. The van der Waals surface area contributed by atoms with Crippen LogP contribution in [0.25, 0.3) is 0 Å². The molecule has 1 aliphatic rings. The van der Waals surface area contributed by atoms with E-state index < -0.39 is 0 Å². The number of piperidine rings is 1. The van der Waals surface area contributed by atoms with E-state index in [9.17, 15) is 9.59 Å². The summed E-state index contributed by atoms with van der Waals surface area (Å²) in [5.41, 5.74) is 1.35. The molecule has 3 amide bonds. The molecule has 1 aromatic carbocycles. The van der Waals surface area contributed by atoms with Crippen molar-refractivity contribution in [1.29, 1.82) is 0 Å². The Bertz CT molecular complexity index is 565. The minimum atomic E-state index is -0.239. The van der Waals surface area contributed by atoms with Crippen LogP contribution in [0.15, 0.2) is 24.3 Å². The van der Waals surface area contributed by atoms with Crippen LogP contribution >= 0.6 is 0 Å². The number of rotatable bonds is 6. The first-order valence-corrected chi connectivity index (χ1v) is 9.20. The van der Waals surface area contributed by atoms with Crippen molar-refractivity contribution in [3.05, 3.63) is 29.8 Å². The third kappa shape index (κ3) is 5.74. The molecule has 25 heavy (non-hydrogen) atoms. The molecule has 6 heteroatoms. The summed E-state index contributed by atoms with van der Waals surface area (Å²) in [6.07, 6.45) is 2.95. The largest absolute Gasteiger partial charge is 0.336 e. The van der Waals surface area contributed by atoms with Gasteiger partial charge < -0.3 is 20.9 Å². The number of hydrogen-bond acceptors (Lipinski definition) is 3. The molecule has 0 unspecified atom stereocenters. The van der Waals surface area contributed by atoms with Gasteiger partial charge in [0.25, 0.3) is 5.91 Å². The molecule has 1 aromatic rings. The SMILES string of the molecule is CCCN(C(=O)c1ccc(NC(=O)NC(C)C)cc1)C1CCNCC1. The maximum absolute atomic E-state index is 12.9. The van der Waals surface area contributed by atoms with E-state index in [-0.39, 0.29) is 18.0 Å². The van der Waals surface area contributed by atoms with Crippen molar-refractivity contribution in [3.63, 3.8) is 0 Å². The molecule has 138 valence electrons. The lowest BCUT2D eigenvalue weighted by Crippen LogP contribution is -2.46. The minimum Gasteiger partial charge on any atom is -0.336 e. The van der Waals surface area contributed by atoms with Gasteiger partial charge in [0.15, 0.2) is 0 Å². The van der Waals surface area contributed by atoms with Crippen molar-refractivity contribution in [2.24, 2.45) is 0 Å². The highest BCUT2D eigenvalue weighted by Crippen LogP contribution is 2.18. The van der Waals surface area contributed by atoms with Crippen molar-refractivity contribution < 1.29 is 9.59 Å². The number of urea groups is 1. The smallest absolute Gasteiger partial charge is 0.319 e. The zero-order chi connectivity index (χ0) is 18.2. The lowest BCUT2D eigenvalue weighted by atomic mass is 10.0. The number of carbonyl (C=O) groups excluding carboxylic acids is 2. The molecular formula is C19H30N4O2. The van der Waals surface area contributed by atoms with E-state index in [0.717, 1.165) is 38.9 Å². The second-order valence-corrected chi connectivity index (χ2v) is 6.81. The second-order valence-electron chi connectivity index (χ2n) is 6.81. The quantitative estimate of drug-likeness (QED) is 0.741. The van der Waals surface area contributed by atoms with Gasteiger partial charge in [-0.1, -0.05) is 6.92 Å². The van der Waals surface area contributed by atoms with Crippen LogP contribution in [-0.2, 0) is 0 Å². The van der Waals surface area contributed by atoms with E-state index in [1.807, 2.05) is 18.7 Å². The highest BCUT2D eigenvalue weighted by atomic mass is 16.2. The number of nitrogens with zero attached hydrogens (tertiary/aromatic N) is 1. The number of nitrogens with one attached hydrogen (secondary N) is 3. The summed E-state index contributed by atoms with van der Waals surface area (Å²) in [5.74, 6) is 0.0759. The van der Waals surface area contributed by atoms with Crippen LogP contribution in [0.2, 0.25) is 0 Å². The Kier molecular flexibility index (Phi) is 7.25. The summed E-state index contributed by atoms with van der Waals surface area (Å²) in [5, 5.41) is 8.89. The van der Waals surface area contributed by atoms with Crippen molar-refractivity contribution in [1.82, 2.24) is 15.5 Å². The molecule has 0 bridgehead atoms. The van der Waals surface area contributed by atoms with Crippen molar-refractivity contribution in [2.75, 3.05) is 25.0 Å². The van der Waals surface area contributed by atoms with Crippen LogP contribution in [0.4, 0.5) is 10.5 Å². The van der Waals surface area contributed by atoms with E-state index in [1.54, 1.807) is 24.3 Å². The number of hydrogen-bond donors (Lipinski definition) is 3. The molecule has 3 N–H and O–H groups in total. The van der Waals surface area contributed by atoms with Crippen LogP contribution in [0.5, 0.6) is 0 Å². The summed E-state index contributed by atoms with van der Waals surface area (Å²) in [4.78, 5) is 26.7. The molecular weight excluding hydrogens is 316 g/mol. The summed E-state index contributed by atoms with van der Waals surface area (Å²) in [6.45, 7) is 8.62. The van der Waals surface area contributed by atoms with E-state index >= 15 is 0 Å². The molecule has 2 rings (SSSR count). The fourth-order valence-electron chi connectivity index (χ4n) is 3.10. The van der Waals surface area contributed by atoms with Gasteiger partial charge in [0.2, 0.25) is 0 Å². The van der Waals surface area contributed by atoms with Gasteiger partial charge in [-0.05, 0) is 70.5 Å². The lowest BCUT2D eigenvalue weighted by molar-refractivity contribution is 0.0642. The lowest BCUT2D eigenvalue weighted by Gasteiger charge is -2.34. The first-order valence-electron chi connectivity index (χ1n) is 9.20. The van der Waals surface area contributed by atoms with E-state index in [4.69, 9.17) is 0 Å². The molecule has 0 aromatic heterocycles. The number of amides is 3. The Hall–Kier alpha value is -2.08.